The summed E-state index contributed by atoms with van der Waals surface area (Å²) in [4.78, 5) is 23.8. The number of carbonyl (C=O) groups excluding carboxylic acids is 2. The van der Waals surface area contributed by atoms with E-state index in [9.17, 15) is 9.59 Å². The lowest BCUT2D eigenvalue weighted by molar-refractivity contribution is -0.129. The molecule has 0 aliphatic carbocycles. The molecule has 0 radical (unpaired) electrons. The molecule has 1 atom stereocenters. The molecule has 122 valence electrons. The van der Waals surface area contributed by atoms with Gasteiger partial charge in [0.1, 0.15) is 6.54 Å². The quantitative estimate of drug-likeness (QED) is 0.827. The van der Waals surface area contributed by atoms with Crippen LogP contribution in [0.15, 0.2) is 36.4 Å². The highest BCUT2D eigenvalue weighted by Gasteiger charge is 2.12. The molecule has 1 aromatic heterocycles. The summed E-state index contributed by atoms with van der Waals surface area (Å²) in [5, 5.41) is 4.21. The lowest BCUT2D eigenvalue weighted by atomic mass is 9.98. The maximum absolute atomic E-state index is 11.9. The SMILES string of the molecule is Cc1cc(C)n(CC(=O)NNC(=O)C[C@@H](C)c2ccccc2)n1. The topological polar surface area (TPSA) is 76.0 Å². The number of rotatable bonds is 5. The van der Waals surface area contributed by atoms with Gasteiger partial charge in [0, 0.05) is 12.1 Å². The molecule has 6 nitrogen and oxygen atoms in total. The second kappa shape index (κ2) is 7.58. The van der Waals surface area contributed by atoms with Crippen LogP contribution in [0.4, 0.5) is 0 Å². The van der Waals surface area contributed by atoms with Gasteiger partial charge in [-0.2, -0.15) is 5.10 Å². The molecule has 0 spiro atoms. The Morgan fingerprint density at radius 2 is 1.78 bits per heavy atom. The highest BCUT2D eigenvalue weighted by atomic mass is 16.2. The van der Waals surface area contributed by atoms with E-state index in [-0.39, 0.29) is 24.3 Å². The van der Waals surface area contributed by atoms with Crippen molar-refractivity contribution in [1.82, 2.24) is 20.6 Å². The number of aromatic nitrogens is 2. The third kappa shape index (κ3) is 4.95. The molecule has 0 aliphatic heterocycles. The minimum Gasteiger partial charge on any atom is -0.273 e. The van der Waals surface area contributed by atoms with Crippen molar-refractivity contribution in [2.45, 2.75) is 39.7 Å². The Morgan fingerprint density at radius 1 is 1.13 bits per heavy atom. The first-order chi connectivity index (χ1) is 11.0. The van der Waals surface area contributed by atoms with Gasteiger partial charge in [0.2, 0.25) is 5.91 Å². The number of carbonyl (C=O) groups is 2. The van der Waals surface area contributed by atoms with E-state index in [0.29, 0.717) is 6.42 Å². The van der Waals surface area contributed by atoms with Crippen molar-refractivity contribution in [2.24, 2.45) is 0 Å². The van der Waals surface area contributed by atoms with Crippen molar-refractivity contribution in [1.29, 1.82) is 0 Å². The highest BCUT2D eigenvalue weighted by molar-refractivity contribution is 5.82. The van der Waals surface area contributed by atoms with Crippen LogP contribution in [0, 0.1) is 13.8 Å². The lowest BCUT2D eigenvalue weighted by Gasteiger charge is -2.12. The van der Waals surface area contributed by atoms with Gasteiger partial charge >= 0.3 is 0 Å². The molecule has 2 rings (SSSR count). The van der Waals surface area contributed by atoms with Gasteiger partial charge in [0.05, 0.1) is 5.69 Å². The molecule has 2 N–H and O–H groups in total. The molecule has 1 heterocycles. The number of aryl methyl sites for hydroxylation is 2. The molecule has 0 bridgehead atoms. The maximum atomic E-state index is 11.9. The van der Waals surface area contributed by atoms with Crippen LogP contribution in [-0.2, 0) is 16.1 Å². The maximum Gasteiger partial charge on any atom is 0.260 e. The van der Waals surface area contributed by atoms with Crippen LogP contribution in [-0.4, -0.2) is 21.6 Å². The predicted octanol–water partition coefficient (Wildman–Crippen LogP) is 1.84. The summed E-state index contributed by atoms with van der Waals surface area (Å²) in [7, 11) is 0. The number of hydrazine groups is 1. The van der Waals surface area contributed by atoms with Crippen LogP contribution in [0.1, 0.15) is 36.2 Å². The molecule has 2 amide bonds. The number of amides is 2. The van der Waals surface area contributed by atoms with Crippen molar-refractivity contribution in [2.75, 3.05) is 0 Å². The third-order valence-corrected chi connectivity index (χ3v) is 3.60. The number of hydrogen-bond acceptors (Lipinski definition) is 3. The van der Waals surface area contributed by atoms with Crippen molar-refractivity contribution in [3.05, 3.63) is 53.3 Å². The third-order valence-electron chi connectivity index (χ3n) is 3.60. The molecule has 1 aromatic carbocycles. The van der Waals surface area contributed by atoms with Gasteiger partial charge in [-0.25, -0.2) is 0 Å². The molecule has 23 heavy (non-hydrogen) atoms. The van der Waals surface area contributed by atoms with E-state index in [2.05, 4.69) is 16.0 Å². The monoisotopic (exact) mass is 314 g/mol. The zero-order valence-corrected chi connectivity index (χ0v) is 13.7. The molecule has 6 heteroatoms. The van der Waals surface area contributed by atoms with Gasteiger partial charge in [-0.1, -0.05) is 37.3 Å². The van der Waals surface area contributed by atoms with E-state index in [0.717, 1.165) is 17.0 Å². The molecule has 0 aliphatic rings. The molecule has 0 saturated carbocycles. The fourth-order valence-electron chi connectivity index (χ4n) is 2.38. The van der Waals surface area contributed by atoms with Crippen molar-refractivity contribution < 1.29 is 9.59 Å². The Kier molecular flexibility index (Phi) is 5.51. The second-order valence-electron chi connectivity index (χ2n) is 5.70. The zero-order valence-electron chi connectivity index (χ0n) is 13.7. The average Bonchev–Trinajstić information content (AvgIpc) is 2.83. The first-order valence-electron chi connectivity index (χ1n) is 7.59. The van der Waals surface area contributed by atoms with Crippen LogP contribution in [0.2, 0.25) is 0 Å². The van der Waals surface area contributed by atoms with Gasteiger partial charge < -0.3 is 0 Å². The zero-order chi connectivity index (χ0) is 16.8. The van der Waals surface area contributed by atoms with Gasteiger partial charge in [-0.3, -0.25) is 25.1 Å². The van der Waals surface area contributed by atoms with Gasteiger partial charge in [-0.05, 0) is 31.4 Å². The average molecular weight is 314 g/mol. The molecule has 0 saturated heterocycles. The fraction of sp³-hybridized carbons (Fsp3) is 0.353. The Bertz CT molecular complexity index is 679. The van der Waals surface area contributed by atoms with Gasteiger partial charge in [0.25, 0.3) is 5.91 Å². The van der Waals surface area contributed by atoms with E-state index in [1.165, 1.54) is 0 Å². The van der Waals surface area contributed by atoms with E-state index in [1.807, 2.05) is 57.2 Å². The summed E-state index contributed by atoms with van der Waals surface area (Å²) in [6.07, 6.45) is 0.310. The molecular formula is C17H22N4O2. The van der Waals surface area contributed by atoms with Crippen molar-refractivity contribution >= 4 is 11.8 Å². The highest BCUT2D eigenvalue weighted by Crippen LogP contribution is 2.17. The number of nitrogens with zero attached hydrogens (tertiary/aromatic N) is 2. The van der Waals surface area contributed by atoms with Crippen molar-refractivity contribution in [3.63, 3.8) is 0 Å². The first-order valence-corrected chi connectivity index (χ1v) is 7.59. The van der Waals surface area contributed by atoms with E-state index in [4.69, 9.17) is 0 Å². The summed E-state index contributed by atoms with van der Waals surface area (Å²) in [5.74, 6) is -0.441. The smallest absolute Gasteiger partial charge is 0.260 e. The number of nitrogens with one attached hydrogen (secondary N) is 2. The Hall–Kier alpha value is -2.63. The van der Waals surface area contributed by atoms with Crippen LogP contribution < -0.4 is 10.9 Å². The summed E-state index contributed by atoms with van der Waals surface area (Å²) in [6.45, 7) is 5.81. The van der Waals surface area contributed by atoms with Crippen LogP contribution >= 0.6 is 0 Å². The Balaban J connectivity index is 1.78. The molecular weight excluding hydrogens is 292 g/mol. The first kappa shape index (κ1) is 16.7. The largest absolute Gasteiger partial charge is 0.273 e. The summed E-state index contributed by atoms with van der Waals surface area (Å²) in [6, 6.07) is 11.7. The summed E-state index contributed by atoms with van der Waals surface area (Å²) >= 11 is 0. The molecule has 2 aromatic rings. The lowest BCUT2D eigenvalue weighted by Crippen LogP contribution is -2.43. The normalized spacial score (nSPS) is 11.8. The Labute approximate surface area is 135 Å². The van der Waals surface area contributed by atoms with Gasteiger partial charge in [0.15, 0.2) is 0 Å². The number of benzene rings is 1. The summed E-state index contributed by atoms with van der Waals surface area (Å²) in [5.41, 5.74) is 7.73. The second-order valence-corrected chi connectivity index (χ2v) is 5.70. The van der Waals surface area contributed by atoms with Crippen LogP contribution in [0.25, 0.3) is 0 Å². The van der Waals surface area contributed by atoms with Crippen LogP contribution in [0.5, 0.6) is 0 Å². The minimum absolute atomic E-state index is 0.0776. The predicted molar refractivity (Wildman–Crippen MR) is 87.5 cm³/mol. The minimum atomic E-state index is -0.308. The van der Waals surface area contributed by atoms with Crippen molar-refractivity contribution in [3.8, 4) is 0 Å². The Morgan fingerprint density at radius 3 is 2.39 bits per heavy atom. The molecule has 0 unspecified atom stereocenters. The summed E-state index contributed by atoms with van der Waals surface area (Å²) < 4.78 is 1.60. The fourth-order valence-corrected chi connectivity index (χ4v) is 2.38. The number of hydrogen-bond donors (Lipinski definition) is 2. The van der Waals surface area contributed by atoms with E-state index < -0.39 is 0 Å². The van der Waals surface area contributed by atoms with E-state index in [1.54, 1.807) is 4.68 Å². The standard InChI is InChI=1S/C17H22N4O2/c1-12(15-7-5-4-6-8-15)9-16(22)18-19-17(23)11-21-14(3)10-13(2)20-21/h4-8,10,12H,9,11H2,1-3H3,(H,18,22)(H,19,23)/t12-/m1/s1. The van der Waals surface area contributed by atoms with Gasteiger partial charge in [-0.15, -0.1) is 0 Å². The molecule has 0 fully saturated rings. The van der Waals surface area contributed by atoms with E-state index >= 15 is 0 Å². The van der Waals surface area contributed by atoms with Crippen LogP contribution in [0.3, 0.4) is 0 Å².